The van der Waals surface area contributed by atoms with Crippen molar-refractivity contribution in [2.75, 3.05) is 13.1 Å². The van der Waals surface area contributed by atoms with Crippen LogP contribution in [0.1, 0.15) is 30.9 Å². The minimum atomic E-state index is -4.40. The zero-order chi connectivity index (χ0) is 15.5. The molecule has 116 valence electrons. The fraction of sp³-hybridized carbons (Fsp3) is 0.533. The minimum Gasteiger partial charge on any atom is -0.334 e. The van der Waals surface area contributed by atoms with Gasteiger partial charge in [0.25, 0.3) is 0 Å². The van der Waals surface area contributed by atoms with Gasteiger partial charge < -0.3 is 10.2 Å². The van der Waals surface area contributed by atoms with Gasteiger partial charge in [-0.15, -0.1) is 0 Å². The van der Waals surface area contributed by atoms with Crippen molar-refractivity contribution < 1.29 is 18.0 Å². The van der Waals surface area contributed by atoms with Gasteiger partial charge in [0.1, 0.15) is 0 Å². The van der Waals surface area contributed by atoms with Crippen LogP contribution in [0, 0.1) is 5.92 Å². The van der Waals surface area contributed by atoms with Crippen LogP contribution in [0.5, 0.6) is 0 Å². The van der Waals surface area contributed by atoms with Gasteiger partial charge in [0.15, 0.2) is 0 Å². The molecule has 0 bridgehead atoms. The Hall–Kier alpha value is -1.72. The van der Waals surface area contributed by atoms with Crippen molar-refractivity contribution in [1.29, 1.82) is 0 Å². The lowest BCUT2D eigenvalue weighted by molar-refractivity contribution is -0.138. The molecular formula is C15H19F3N2O. The fourth-order valence-electron chi connectivity index (χ4n) is 2.45. The molecule has 1 heterocycles. The predicted octanol–water partition coefficient (Wildman–Crippen LogP) is 3.65. The lowest BCUT2D eigenvalue weighted by Gasteiger charge is -2.30. The zero-order valence-corrected chi connectivity index (χ0v) is 11.9. The third kappa shape index (κ3) is 4.12. The summed E-state index contributed by atoms with van der Waals surface area (Å²) in [6.07, 6.45) is -2.53. The molecule has 0 unspecified atom stereocenters. The van der Waals surface area contributed by atoms with Gasteiger partial charge in [-0.3, -0.25) is 0 Å². The molecule has 1 aliphatic rings. The highest BCUT2D eigenvalue weighted by atomic mass is 19.4. The first-order valence-electron chi connectivity index (χ1n) is 7.06. The van der Waals surface area contributed by atoms with Crippen LogP contribution in [0.3, 0.4) is 0 Å². The topological polar surface area (TPSA) is 32.3 Å². The summed E-state index contributed by atoms with van der Waals surface area (Å²) in [5.74, 6) is 0.597. The summed E-state index contributed by atoms with van der Waals surface area (Å²) in [5, 5.41) is 2.58. The number of piperidine rings is 1. The van der Waals surface area contributed by atoms with E-state index in [9.17, 15) is 18.0 Å². The van der Waals surface area contributed by atoms with Gasteiger partial charge in [-0.1, -0.05) is 25.1 Å². The van der Waals surface area contributed by atoms with Crippen molar-refractivity contribution >= 4 is 6.03 Å². The highest BCUT2D eigenvalue weighted by Crippen LogP contribution is 2.31. The van der Waals surface area contributed by atoms with Crippen molar-refractivity contribution in [1.82, 2.24) is 10.2 Å². The number of alkyl halides is 3. The monoisotopic (exact) mass is 300 g/mol. The van der Waals surface area contributed by atoms with Gasteiger partial charge >= 0.3 is 12.2 Å². The molecule has 0 saturated carbocycles. The van der Waals surface area contributed by atoms with Gasteiger partial charge in [-0.2, -0.15) is 13.2 Å². The highest BCUT2D eigenvalue weighted by molar-refractivity contribution is 5.74. The molecular weight excluding hydrogens is 281 g/mol. The van der Waals surface area contributed by atoms with Gasteiger partial charge in [0, 0.05) is 19.6 Å². The van der Waals surface area contributed by atoms with Crippen LogP contribution < -0.4 is 5.32 Å². The quantitative estimate of drug-likeness (QED) is 0.888. The third-order valence-corrected chi connectivity index (χ3v) is 3.82. The van der Waals surface area contributed by atoms with Crippen LogP contribution in [0.25, 0.3) is 0 Å². The van der Waals surface area contributed by atoms with Crippen LogP contribution >= 0.6 is 0 Å². The summed E-state index contributed by atoms with van der Waals surface area (Å²) < 4.78 is 38.5. The van der Waals surface area contributed by atoms with E-state index < -0.39 is 11.7 Å². The summed E-state index contributed by atoms with van der Waals surface area (Å²) in [4.78, 5) is 13.6. The largest absolute Gasteiger partial charge is 0.416 e. The zero-order valence-electron chi connectivity index (χ0n) is 11.9. The van der Waals surface area contributed by atoms with Gasteiger partial charge in [-0.05, 0) is 30.4 Å². The second kappa shape index (κ2) is 6.37. The summed E-state index contributed by atoms with van der Waals surface area (Å²) >= 11 is 0. The molecule has 0 atom stereocenters. The minimum absolute atomic E-state index is 0.0868. The summed E-state index contributed by atoms with van der Waals surface area (Å²) in [6, 6.07) is 5.02. The van der Waals surface area contributed by atoms with Crippen molar-refractivity contribution in [3.05, 3.63) is 35.4 Å². The second-order valence-electron chi connectivity index (χ2n) is 5.48. The number of amides is 2. The number of nitrogens with one attached hydrogen (secondary N) is 1. The fourth-order valence-corrected chi connectivity index (χ4v) is 2.45. The molecule has 3 nitrogen and oxygen atoms in total. The van der Waals surface area contributed by atoms with Gasteiger partial charge in [0.2, 0.25) is 0 Å². The number of carbonyl (C=O) groups is 1. The summed E-state index contributed by atoms with van der Waals surface area (Å²) in [5.41, 5.74) is -0.610. The van der Waals surface area contributed by atoms with E-state index in [1.165, 1.54) is 12.1 Å². The normalized spacial score (nSPS) is 16.9. The average molecular weight is 300 g/mol. The SMILES string of the molecule is CC1CCN(C(=O)NCc2ccccc2C(F)(F)F)CC1. The van der Waals surface area contributed by atoms with Crippen molar-refractivity contribution in [3.63, 3.8) is 0 Å². The molecule has 1 N–H and O–H groups in total. The van der Waals surface area contributed by atoms with E-state index in [1.807, 2.05) is 0 Å². The van der Waals surface area contributed by atoms with E-state index in [0.29, 0.717) is 19.0 Å². The van der Waals surface area contributed by atoms with E-state index in [0.717, 1.165) is 18.9 Å². The summed E-state index contributed by atoms with van der Waals surface area (Å²) in [7, 11) is 0. The number of nitrogens with zero attached hydrogens (tertiary/aromatic N) is 1. The van der Waals surface area contributed by atoms with Crippen LogP contribution in [-0.2, 0) is 12.7 Å². The van der Waals surface area contributed by atoms with E-state index in [-0.39, 0.29) is 18.1 Å². The van der Waals surface area contributed by atoms with E-state index in [4.69, 9.17) is 0 Å². The van der Waals surface area contributed by atoms with Crippen LogP contribution in [0.4, 0.5) is 18.0 Å². The van der Waals surface area contributed by atoms with Crippen LogP contribution in [0.15, 0.2) is 24.3 Å². The lowest BCUT2D eigenvalue weighted by Crippen LogP contribution is -2.44. The Bertz CT molecular complexity index is 494. The maximum atomic E-state index is 12.8. The maximum Gasteiger partial charge on any atom is 0.416 e. The molecule has 2 rings (SSSR count). The molecule has 0 aromatic heterocycles. The standard InChI is InChI=1S/C15H19F3N2O/c1-11-6-8-20(9-7-11)14(21)19-10-12-4-2-3-5-13(12)15(16,17)18/h2-5,11H,6-10H2,1H3,(H,19,21). The molecule has 0 radical (unpaired) electrons. The van der Waals surface area contributed by atoms with Gasteiger partial charge in [0.05, 0.1) is 5.56 Å². The number of hydrogen-bond donors (Lipinski definition) is 1. The van der Waals surface area contributed by atoms with Crippen molar-refractivity contribution in [2.24, 2.45) is 5.92 Å². The number of rotatable bonds is 2. The second-order valence-corrected chi connectivity index (χ2v) is 5.48. The molecule has 1 aliphatic heterocycles. The molecule has 1 saturated heterocycles. The molecule has 0 spiro atoms. The molecule has 1 aromatic rings. The first-order chi connectivity index (χ1) is 9.88. The first kappa shape index (κ1) is 15.7. The lowest BCUT2D eigenvalue weighted by atomic mass is 10.00. The van der Waals surface area contributed by atoms with E-state index >= 15 is 0 Å². The van der Waals surface area contributed by atoms with Crippen molar-refractivity contribution in [2.45, 2.75) is 32.5 Å². The molecule has 0 aliphatic carbocycles. The molecule has 2 amide bonds. The number of carbonyl (C=O) groups excluding carboxylic acids is 1. The van der Waals surface area contributed by atoms with Crippen LogP contribution in [0.2, 0.25) is 0 Å². The predicted molar refractivity (Wildman–Crippen MR) is 73.7 cm³/mol. The van der Waals surface area contributed by atoms with Gasteiger partial charge in [-0.25, -0.2) is 4.79 Å². The number of halogens is 3. The Kier molecular flexibility index (Phi) is 4.75. The number of likely N-dealkylation sites (tertiary alicyclic amines) is 1. The summed E-state index contributed by atoms with van der Waals surface area (Å²) in [6.45, 7) is 3.34. The number of benzene rings is 1. The maximum absolute atomic E-state index is 12.8. The smallest absolute Gasteiger partial charge is 0.334 e. The molecule has 21 heavy (non-hydrogen) atoms. The third-order valence-electron chi connectivity index (χ3n) is 3.82. The first-order valence-corrected chi connectivity index (χ1v) is 7.06. The van der Waals surface area contributed by atoms with Crippen molar-refractivity contribution in [3.8, 4) is 0 Å². The number of hydrogen-bond acceptors (Lipinski definition) is 1. The Balaban J connectivity index is 1.96. The highest BCUT2D eigenvalue weighted by Gasteiger charge is 2.33. The van der Waals surface area contributed by atoms with Crippen LogP contribution in [-0.4, -0.2) is 24.0 Å². The Labute approximate surface area is 122 Å². The Morgan fingerprint density at radius 1 is 1.29 bits per heavy atom. The molecule has 1 aromatic carbocycles. The Morgan fingerprint density at radius 2 is 1.90 bits per heavy atom. The molecule has 6 heteroatoms. The molecule has 1 fully saturated rings. The Morgan fingerprint density at radius 3 is 2.52 bits per heavy atom. The van der Waals surface area contributed by atoms with E-state index in [1.54, 1.807) is 11.0 Å². The average Bonchev–Trinajstić information content (AvgIpc) is 2.45. The number of urea groups is 1. The van der Waals surface area contributed by atoms with E-state index in [2.05, 4.69) is 12.2 Å².